The predicted molar refractivity (Wildman–Crippen MR) is 123 cm³/mol. The SMILES string of the molecule is CCCCCCCCCCCCOC(CCCCCCCCCCC)C1CO1. The third kappa shape index (κ3) is 16.8. The summed E-state index contributed by atoms with van der Waals surface area (Å²) in [4.78, 5) is 0. The molecule has 0 spiro atoms. The van der Waals surface area contributed by atoms with Gasteiger partial charge in [-0.15, -0.1) is 0 Å². The van der Waals surface area contributed by atoms with E-state index >= 15 is 0 Å². The molecule has 0 bridgehead atoms. The van der Waals surface area contributed by atoms with Gasteiger partial charge >= 0.3 is 0 Å². The molecule has 1 rings (SSSR count). The Morgan fingerprint density at radius 2 is 1.00 bits per heavy atom. The average Bonchev–Trinajstić information content (AvgIpc) is 3.54. The molecule has 1 heterocycles. The van der Waals surface area contributed by atoms with Crippen LogP contribution in [0.2, 0.25) is 0 Å². The fourth-order valence-electron chi connectivity index (χ4n) is 4.13. The van der Waals surface area contributed by atoms with Crippen LogP contribution in [0, 0.1) is 0 Å². The van der Waals surface area contributed by atoms with E-state index in [1.54, 1.807) is 0 Å². The van der Waals surface area contributed by atoms with Gasteiger partial charge in [0.15, 0.2) is 0 Å². The first-order chi connectivity index (χ1) is 13.9. The molecule has 2 atom stereocenters. The van der Waals surface area contributed by atoms with E-state index in [4.69, 9.17) is 9.47 Å². The lowest BCUT2D eigenvalue weighted by Crippen LogP contribution is -2.20. The molecule has 0 aromatic carbocycles. The molecular formula is C26H52O2. The van der Waals surface area contributed by atoms with Crippen molar-refractivity contribution < 1.29 is 9.47 Å². The Kier molecular flexibility index (Phi) is 18.7. The summed E-state index contributed by atoms with van der Waals surface area (Å²) in [5, 5.41) is 0. The molecule has 2 heteroatoms. The number of hydrogen-bond acceptors (Lipinski definition) is 2. The van der Waals surface area contributed by atoms with Crippen molar-refractivity contribution in [1.82, 2.24) is 0 Å². The van der Waals surface area contributed by atoms with Gasteiger partial charge in [-0.2, -0.15) is 0 Å². The Morgan fingerprint density at radius 1 is 0.607 bits per heavy atom. The highest BCUT2D eigenvalue weighted by atomic mass is 16.6. The maximum absolute atomic E-state index is 6.19. The Hall–Kier alpha value is -0.0800. The Bertz CT molecular complexity index is 301. The van der Waals surface area contributed by atoms with Crippen LogP contribution in [0.25, 0.3) is 0 Å². The molecule has 1 aliphatic heterocycles. The van der Waals surface area contributed by atoms with E-state index in [0.29, 0.717) is 12.2 Å². The topological polar surface area (TPSA) is 21.8 Å². The second kappa shape index (κ2) is 20.2. The van der Waals surface area contributed by atoms with Gasteiger partial charge in [-0.1, -0.05) is 129 Å². The lowest BCUT2D eigenvalue weighted by atomic mass is 10.0. The molecule has 0 aromatic rings. The lowest BCUT2D eigenvalue weighted by Gasteiger charge is -2.15. The number of unbranched alkanes of at least 4 members (excludes halogenated alkanes) is 17. The van der Waals surface area contributed by atoms with Gasteiger partial charge in [0.25, 0.3) is 0 Å². The average molecular weight is 397 g/mol. The van der Waals surface area contributed by atoms with Crippen molar-refractivity contribution in [2.45, 2.75) is 154 Å². The zero-order chi connectivity index (χ0) is 20.1. The fourth-order valence-corrected chi connectivity index (χ4v) is 4.13. The number of hydrogen-bond donors (Lipinski definition) is 0. The normalized spacial score (nSPS) is 17.1. The quantitative estimate of drug-likeness (QED) is 0.127. The summed E-state index contributed by atoms with van der Waals surface area (Å²) in [6, 6.07) is 0. The largest absolute Gasteiger partial charge is 0.375 e. The molecule has 1 saturated heterocycles. The summed E-state index contributed by atoms with van der Waals surface area (Å²) >= 11 is 0. The molecule has 0 amide bonds. The maximum atomic E-state index is 6.19. The summed E-state index contributed by atoms with van der Waals surface area (Å²) in [5.41, 5.74) is 0. The highest BCUT2D eigenvalue weighted by molar-refractivity contribution is 4.80. The van der Waals surface area contributed by atoms with Crippen LogP contribution in [0.4, 0.5) is 0 Å². The van der Waals surface area contributed by atoms with E-state index < -0.39 is 0 Å². The summed E-state index contributed by atoms with van der Waals surface area (Å²) < 4.78 is 11.7. The highest BCUT2D eigenvalue weighted by Gasteiger charge is 2.32. The van der Waals surface area contributed by atoms with Gasteiger partial charge in [0.1, 0.15) is 6.10 Å². The summed E-state index contributed by atoms with van der Waals surface area (Å²) in [6.45, 7) is 6.45. The van der Waals surface area contributed by atoms with Crippen LogP contribution in [0.1, 0.15) is 142 Å². The van der Waals surface area contributed by atoms with Crippen molar-refractivity contribution in [3.63, 3.8) is 0 Å². The molecule has 1 fully saturated rings. The third-order valence-corrected chi connectivity index (χ3v) is 6.20. The van der Waals surface area contributed by atoms with Crippen LogP contribution in [0.5, 0.6) is 0 Å². The van der Waals surface area contributed by atoms with Crippen molar-refractivity contribution in [3.05, 3.63) is 0 Å². The zero-order valence-corrected chi connectivity index (χ0v) is 19.5. The highest BCUT2D eigenvalue weighted by Crippen LogP contribution is 2.23. The molecule has 1 aliphatic rings. The van der Waals surface area contributed by atoms with Crippen LogP contribution in [-0.4, -0.2) is 25.4 Å². The molecule has 0 aromatic heterocycles. The van der Waals surface area contributed by atoms with Crippen LogP contribution in [0.15, 0.2) is 0 Å². The smallest absolute Gasteiger partial charge is 0.107 e. The zero-order valence-electron chi connectivity index (χ0n) is 19.5. The van der Waals surface area contributed by atoms with Crippen molar-refractivity contribution in [1.29, 1.82) is 0 Å². The Labute approximate surface area is 177 Å². The maximum Gasteiger partial charge on any atom is 0.107 e. The lowest BCUT2D eigenvalue weighted by molar-refractivity contribution is 0.0240. The van der Waals surface area contributed by atoms with Crippen LogP contribution < -0.4 is 0 Å². The molecular weight excluding hydrogens is 344 g/mol. The molecule has 2 unspecified atom stereocenters. The summed E-state index contributed by atoms with van der Waals surface area (Å²) in [5.74, 6) is 0. The summed E-state index contributed by atoms with van der Waals surface area (Å²) in [6.07, 6.45) is 28.5. The standard InChI is InChI=1S/C26H52O2/c1-3-5-7-9-11-13-15-17-19-21-23-27-25(26-24-28-26)22-20-18-16-14-12-10-8-6-4-2/h25-26H,3-24H2,1-2H3. The van der Waals surface area contributed by atoms with Crippen LogP contribution in [-0.2, 0) is 9.47 Å². The van der Waals surface area contributed by atoms with Gasteiger partial charge in [0, 0.05) is 6.61 Å². The number of epoxide rings is 1. The van der Waals surface area contributed by atoms with Gasteiger partial charge in [0.05, 0.1) is 12.7 Å². The van der Waals surface area contributed by atoms with Gasteiger partial charge in [-0.05, 0) is 12.8 Å². The van der Waals surface area contributed by atoms with E-state index in [1.165, 1.54) is 128 Å². The molecule has 0 N–H and O–H groups in total. The molecule has 0 saturated carbocycles. The van der Waals surface area contributed by atoms with Crippen LogP contribution >= 0.6 is 0 Å². The van der Waals surface area contributed by atoms with E-state index in [0.717, 1.165) is 13.2 Å². The summed E-state index contributed by atoms with van der Waals surface area (Å²) in [7, 11) is 0. The van der Waals surface area contributed by atoms with Crippen molar-refractivity contribution in [3.8, 4) is 0 Å². The first-order valence-electron chi connectivity index (χ1n) is 13.1. The monoisotopic (exact) mass is 396 g/mol. The van der Waals surface area contributed by atoms with Crippen molar-refractivity contribution >= 4 is 0 Å². The minimum atomic E-state index is 0.378. The van der Waals surface area contributed by atoms with Gasteiger partial charge in [0.2, 0.25) is 0 Å². The number of rotatable bonds is 23. The van der Waals surface area contributed by atoms with E-state index in [-0.39, 0.29) is 0 Å². The molecule has 28 heavy (non-hydrogen) atoms. The number of ether oxygens (including phenoxy) is 2. The molecule has 0 radical (unpaired) electrons. The fraction of sp³-hybridized carbons (Fsp3) is 1.00. The Morgan fingerprint density at radius 3 is 1.43 bits per heavy atom. The molecule has 0 aliphatic carbocycles. The third-order valence-electron chi connectivity index (χ3n) is 6.20. The van der Waals surface area contributed by atoms with E-state index in [2.05, 4.69) is 13.8 Å². The van der Waals surface area contributed by atoms with Gasteiger partial charge in [-0.3, -0.25) is 0 Å². The second-order valence-corrected chi connectivity index (χ2v) is 9.08. The molecule has 168 valence electrons. The minimum Gasteiger partial charge on any atom is -0.375 e. The van der Waals surface area contributed by atoms with Crippen molar-refractivity contribution in [2.75, 3.05) is 13.2 Å². The van der Waals surface area contributed by atoms with E-state index in [9.17, 15) is 0 Å². The molecule has 2 nitrogen and oxygen atoms in total. The minimum absolute atomic E-state index is 0.378. The van der Waals surface area contributed by atoms with Gasteiger partial charge in [-0.25, -0.2) is 0 Å². The van der Waals surface area contributed by atoms with E-state index in [1.807, 2.05) is 0 Å². The first kappa shape index (κ1) is 26.0. The second-order valence-electron chi connectivity index (χ2n) is 9.08. The van der Waals surface area contributed by atoms with Crippen LogP contribution in [0.3, 0.4) is 0 Å². The predicted octanol–water partition coefficient (Wildman–Crippen LogP) is 8.61. The Balaban J connectivity index is 1.85. The first-order valence-corrected chi connectivity index (χ1v) is 13.1. The van der Waals surface area contributed by atoms with Crippen molar-refractivity contribution in [2.24, 2.45) is 0 Å². The van der Waals surface area contributed by atoms with Gasteiger partial charge < -0.3 is 9.47 Å².